The number of allylic oxidation sites excluding steroid dienone is 1. The first kappa shape index (κ1) is 15.1. The van der Waals surface area contributed by atoms with Crippen molar-refractivity contribution in [2.45, 2.75) is 18.9 Å². The quantitative estimate of drug-likeness (QED) is 0.708. The molecule has 4 heteroatoms. The molecule has 0 aliphatic carbocycles. The minimum absolute atomic E-state index is 0.165. The van der Waals surface area contributed by atoms with Gasteiger partial charge in [0.1, 0.15) is 0 Å². The van der Waals surface area contributed by atoms with E-state index < -0.39 is 8.80 Å². The Labute approximate surface area is 111 Å². The molecule has 100 valence electrons. The molecule has 1 aromatic carbocycles. The van der Waals surface area contributed by atoms with Crippen LogP contribution >= 0.6 is 0 Å². The third-order valence-corrected chi connectivity index (χ3v) is 6.28. The van der Waals surface area contributed by atoms with E-state index in [1.54, 1.807) is 21.3 Å². The van der Waals surface area contributed by atoms with Crippen LogP contribution in [-0.2, 0) is 13.3 Å². The van der Waals surface area contributed by atoms with Crippen LogP contribution in [-0.4, -0.2) is 30.1 Å². The second-order valence-electron chi connectivity index (χ2n) is 4.00. The summed E-state index contributed by atoms with van der Waals surface area (Å²) >= 11 is 0. The molecule has 1 aromatic rings. The molecule has 0 amide bonds. The van der Waals surface area contributed by atoms with Gasteiger partial charge in [0.05, 0.1) is 0 Å². The van der Waals surface area contributed by atoms with Crippen LogP contribution in [0.1, 0.15) is 18.9 Å². The van der Waals surface area contributed by atoms with Crippen LogP contribution in [0, 0.1) is 0 Å². The van der Waals surface area contributed by atoms with Crippen molar-refractivity contribution in [1.29, 1.82) is 0 Å². The number of hydrogen-bond donors (Lipinski definition) is 0. The standard InChI is InChI=1S/C14H22O3Si/c1-5-14(18(15-2,16-3)17-4)12-11-13-9-7-6-8-10-13/h6-12,14H,5H2,1-4H3/b12-11+. The zero-order valence-corrected chi connectivity index (χ0v) is 12.6. The van der Waals surface area contributed by atoms with Crippen LogP contribution in [0.4, 0.5) is 0 Å². The van der Waals surface area contributed by atoms with Crippen molar-refractivity contribution in [3.63, 3.8) is 0 Å². The monoisotopic (exact) mass is 266 g/mol. The van der Waals surface area contributed by atoms with Crippen LogP contribution < -0.4 is 0 Å². The molecule has 1 unspecified atom stereocenters. The fourth-order valence-corrected chi connectivity index (χ4v) is 4.24. The molecule has 1 atom stereocenters. The highest BCUT2D eigenvalue weighted by Gasteiger charge is 2.44. The van der Waals surface area contributed by atoms with Crippen LogP contribution in [0.3, 0.4) is 0 Å². The second kappa shape index (κ2) is 7.48. The van der Waals surface area contributed by atoms with Crippen LogP contribution in [0.15, 0.2) is 36.4 Å². The minimum atomic E-state index is -2.59. The Hall–Kier alpha value is -0.943. The molecule has 0 N–H and O–H groups in total. The van der Waals surface area contributed by atoms with Gasteiger partial charge in [0.15, 0.2) is 0 Å². The fraction of sp³-hybridized carbons (Fsp3) is 0.429. The molecule has 1 rings (SSSR count). The van der Waals surface area contributed by atoms with E-state index in [0.29, 0.717) is 0 Å². The summed E-state index contributed by atoms with van der Waals surface area (Å²) in [6, 6.07) is 10.2. The van der Waals surface area contributed by atoms with Crippen molar-refractivity contribution < 1.29 is 13.3 Å². The lowest BCUT2D eigenvalue weighted by molar-refractivity contribution is 0.116. The Balaban J connectivity index is 2.87. The van der Waals surface area contributed by atoms with Gasteiger partial charge in [0.2, 0.25) is 0 Å². The Morgan fingerprint density at radius 2 is 1.61 bits per heavy atom. The summed E-state index contributed by atoms with van der Waals surface area (Å²) in [5, 5.41) is 0. The minimum Gasteiger partial charge on any atom is -0.376 e. The van der Waals surface area contributed by atoms with Crippen molar-refractivity contribution in [3.8, 4) is 0 Å². The van der Waals surface area contributed by atoms with Crippen molar-refractivity contribution >= 4 is 14.9 Å². The molecule has 0 spiro atoms. The van der Waals surface area contributed by atoms with Crippen molar-refractivity contribution in [2.75, 3.05) is 21.3 Å². The van der Waals surface area contributed by atoms with Gasteiger partial charge in [-0.3, -0.25) is 0 Å². The lowest BCUT2D eigenvalue weighted by Crippen LogP contribution is -2.46. The zero-order chi connectivity index (χ0) is 13.4. The third kappa shape index (κ3) is 3.52. The maximum Gasteiger partial charge on any atom is 0.507 e. The van der Waals surface area contributed by atoms with Crippen LogP contribution in [0.2, 0.25) is 5.54 Å². The molecular formula is C14H22O3Si. The van der Waals surface area contributed by atoms with E-state index in [0.717, 1.165) is 6.42 Å². The first-order valence-corrected chi connectivity index (χ1v) is 7.91. The molecule has 0 radical (unpaired) electrons. The smallest absolute Gasteiger partial charge is 0.376 e. The van der Waals surface area contributed by atoms with Gasteiger partial charge >= 0.3 is 8.80 Å². The Bertz CT molecular complexity index is 352. The van der Waals surface area contributed by atoms with Gasteiger partial charge in [-0.1, -0.05) is 49.4 Å². The van der Waals surface area contributed by atoms with Crippen LogP contribution in [0.25, 0.3) is 6.08 Å². The predicted octanol–water partition coefficient (Wildman–Crippen LogP) is 3.36. The maximum absolute atomic E-state index is 5.52. The summed E-state index contributed by atoms with van der Waals surface area (Å²) in [7, 11) is 2.37. The van der Waals surface area contributed by atoms with Crippen molar-refractivity contribution in [1.82, 2.24) is 0 Å². The third-order valence-electron chi connectivity index (χ3n) is 3.07. The molecule has 18 heavy (non-hydrogen) atoms. The first-order valence-electron chi connectivity index (χ1n) is 6.11. The number of hydrogen-bond acceptors (Lipinski definition) is 3. The summed E-state index contributed by atoms with van der Waals surface area (Å²) in [5.41, 5.74) is 1.33. The topological polar surface area (TPSA) is 27.7 Å². The molecule has 0 saturated heterocycles. The normalized spacial score (nSPS) is 14.0. The Kier molecular flexibility index (Phi) is 6.28. The van der Waals surface area contributed by atoms with Gasteiger partial charge in [0, 0.05) is 26.9 Å². The summed E-state index contributed by atoms with van der Waals surface area (Å²) in [6.45, 7) is 2.11. The SMILES string of the molecule is CCC(/C=C/c1ccccc1)[Si](OC)(OC)OC. The zero-order valence-electron chi connectivity index (χ0n) is 11.6. The number of benzene rings is 1. The van der Waals surface area contributed by atoms with Crippen LogP contribution in [0.5, 0.6) is 0 Å². The van der Waals surface area contributed by atoms with Gasteiger partial charge in [-0.25, -0.2) is 0 Å². The van der Waals surface area contributed by atoms with E-state index in [1.807, 2.05) is 18.2 Å². The number of rotatable bonds is 7. The van der Waals surface area contributed by atoms with Crippen molar-refractivity contribution in [2.24, 2.45) is 0 Å². The molecular weight excluding hydrogens is 244 g/mol. The molecule has 0 fully saturated rings. The molecule has 3 nitrogen and oxygen atoms in total. The maximum atomic E-state index is 5.52. The summed E-state index contributed by atoms with van der Waals surface area (Å²) in [5.74, 6) is 0. The highest BCUT2D eigenvalue weighted by Crippen LogP contribution is 2.29. The van der Waals surface area contributed by atoms with E-state index in [1.165, 1.54) is 5.56 Å². The Morgan fingerprint density at radius 3 is 2.06 bits per heavy atom. The molecule has 0 aliphatic heterocycles. The van der Waals surface area contributed by atoms with Gasteiger partial charge in [0.25, 0.3) is 0 Å². The molecule has 0 aliphatic rings. The Morgan fingerprint density at radius 1 is 1.06 bits per heavy atom. The lowest BCUT2D eigenvalue weighted by Gasteiger charge is -2.30. The van der Waals surface area contributed by atoms with Gasteiger partial charge in [-0.2, -0.15) is 0 Å². The predicted molar refractivity (Wildman–Crippen MR) is 76.3 cm³/mol. The summed E-state index contributed by atoms with van der Waals surface area (Å²) in [4.78, 5) is 0. The van der Waals surface area contributed by atoms with E-state index in [2.05, 4.69) is 31.2 Å². The lowest BCUT2D eigenvalue weighted by atomic mass is 10.2. The van der Waals surface area contributed by atoms with E-state index in [9.17, 15) is 0 Å². The molecule has 0 bridgehead atoms. The fourth-order valence-electron chi connectivity index (χ4n) is 2.00. The first-order chi connectivity index (χ1) is 8.72. The van der Waals surface area contributed by atoms with Gasteiger partial charge < -0.3 is 13.3 Å². The van der Waals surface area contributed by atoms with Gasteiger partial charge in [-0.05, 0) is 12.0 Å². The molecule has 0 aromatic heterocycles. The largest absolute Gasteiger partial charge is 0.507 e. The highest BCUT2D eigenvalue weighted by atomic mass is 28.4. The average molecular weight is 266 g/mol. The van der Waals surface area contributed by atoms with E-state index in [-0.39, 0.29) is 5.54 Å². The van der Waals surface area contributed by atoms with E-state index in [4.69, 9.17) is 13.3 Å². The second-order valence-corrected chi connectivity index (χ2v) is 7.17. The summed E-state index contributed by atoms with van der Waals surface area (Å²) < 4.78 is 16.6. The average Bonchev–Trinajstić information content (AvgIpc) is 2.45. The summed E-state index contributed by atoms with van der Waals surface area (Å²) in [6.07, 6.45) is 5.14. The van der Waals surface area contributed by atoms with E-state index >= 15 is 0 Å². The highest BCUT2D eigenvalue weighted by molar-refractivity contribution is 6.62. The molecule has 0 saturated carbocycles. The van der Waals surface area contributed by atoms with Gasteiger partial charge in [-0.15, -0.1) is 0 Å². The molecule has 0 heterocycles. The van der Waals surface area contributed by atoms with Crippen molar-refractivity contribution in [3.05, 3.63) is 42.0 Å².